The van der Waals surface area contributed by atoms with Gasteiger partial charge < -0.3 is 0 Å². The second-order valence-electron chi connectivity index (χ2n) is 2.59. The van der Waals surface area contributed by atoms with Gasteiger partial charge in [0.1, 0.15) is 0 Å². The molecule has 56 valence electrons. The highest BCUT2D eigenvalue weighted by Crippen LogP contribution is 2.10. The second-order valence-corrected chi connectivity index (χ2v) is 2.59. The van der Waals surface area contributed by atoms with Crippen LogP contribution in [-0.4, -0.2) is 4.98 Å². The molecule has 11 heavy (non-hydrogen) atoms. The van der Waals surface area contributed by atoms with Crippen LogP contribution in [0.4, 0.5) is 0 Å². The van der Waals surface area contributed by atoms with Crippen LogP contribution in [0.15, 0.2) is 12.4 Å². The molecule has 0 fully saturated rings. The molecule has 1 heterocycles. The lowest BCUT2D eigenvalue weighted by molar-refractivity contribution is 1.11. The van der Waals surface area contributed by atoms with Crippen LogP contribution in [0.5, 0.6) is 0 Å². The standard InChI is InChI=1S/C9H10N2/c1-7-5-11-6-8(2)9(7)3-4-10/h5-6H,3H2,1-2H3. The van der Waals surface area contributed by atoms with Crippen molar-refractivity contribution < 1.29 is 0 Å². The lowest BCUT2D eigenvalue weighted by Gasteiger charge is -2.02. The molecule has 0 aromatic carbocycles. The summed E-state index contributed by atoms with van der Waals surface area (Å²) in [4.78, 5) is 4.02. The molecule has 0 amide bonds. The number of nitriles is 1. The van der Waals surface area contributed by atoms with E-state index in [9.17, 15) is 0 Å². The minimum atomic E-state index is 0.486. The molecule has 0 saturated carbocycles. The Morgan fingerprint density at radius 3 is 2.36 bits per heavy atom. The molecule has 2 heteroatoms. The monoisotopic (exact) mass is 146 g/mol. The van der Waals surface area contributed by atoms with Crippen LogP contribution < -0.4 is 0 Å². The van der Waals surface area contributed by atoms with E-state index in [1.54, 1.807) is 12.4 Å². The average Bonchev–Trinajstić information content (AvgIpc) is 1.97. The van der Waals surface area contributed by atoms with Gasteiger partial charge in [0, 0.05) is 12.4 Å². The van der Waals surface area contributed by atoms with Crippen molar-refractivity contribution in [3.05, 3.63) is 29.1 Å². The molecule has 0 aliphatic rings. The van der Waals surface area contributed by atoms with E-state index in [0.29, 0.717) is 6.42 Å². The van der Waals surface area contributed by atoms with Crippen LogP contribution in [0.3, 0.4) is 0 Å². The molecule has 0 aliphatic heterocycles. The number of aromatic nitrogens is 1. The summed E-state index contributed by atoms with van der Waals surface area (Å²) < 4.78 is 0. The first-order valence-corrected chi connectivity index (χ1v) is 3.52. The van der Waals surface area contributed by atoms with E-state index in [2.05, 4.69) is 11.1 Å². The summed E-state index contributed by atoms with van der Waals surface area (Å²) >= 11 is 0. The molecule has 0 radical (unpaired) electrons. The Morgan fingerprint density at radius 1 is 1.36 bits per heavy atom. The second kappa shape index (κ2) is 3.16. The fourth-order valence-corrected chi connectivity index (χ4v) is 1.09. The van der Waals surface area contributed by atoms with E-state index in [1.807, 2.05) is 13.8 Å². The highest BCUT2D eigenvalue weighted by Gasteiger charge is 2.00. The highest BCUT2D eigenvalue weighted by atomic mass is 14.6. The molecule has 0 spiro atoms. The minimum Gasteiger partial charge on any atom is -0.264 e. The Kier molecular flexibility index (Phi) is 2.22. The summed E-state index contributed by atoms with van der Waals surface area (Å²) in [5, 5.41) is 8.50. The van der Waals surface area contributed by atoms with Gasteiger partial charge in [-0.2, -0.15) is 5.26 Å². The first kappa shape index (κ1) is 7.74. The number of hydrogen-bond donors (Lipinski definition) is 0. The third-order valence-corrected chi connectivity index (χ3v) is 1.74. The maximum absolute atomic E-state index is 8.50. The van der Waals surface area contributed by atoms with Crippen molar-refractivity contribution in [2.24, 2.45) is 0 Å². The van der Waals surface area contributed by atoms with E-state index in [4.69, 9.17) is 5.26 Å². The Labute approximate surface area is 66.5 Å². The molecule has 0 aliphatic carbocycles. The lowest BCUT2D eigenvalue weighted by Crippen LogP contribution is -1.92. The van der Waals surface area contributed by atoms with E-state index in [1.165, 1.54) is 0 Å². The molecule has 1 rings (SSSR count). The largest absolute Gasteiger partial charge is 0.264 e. The van der Waals surface area contributed by atoms with Gasteiger partial charge in [0.2, 0.25) is 0 Å². The molecule has 1 aromatic rings. The fraction of sp³-hybridized carbons (Fsp3) is 0.333. The van der Waals surface area contributed by atoms with Crippen molar-refractivity contribution in [1.82, 2.24) is 4.98 Å². The molecule has 2 nitrogen and oxygen atoms in total. The topological polar surface area (TPSA) is 36.7 Å². The van der Waals surface area contributed by atoms with Crippen molar-refractivity contribution in [3.8, 4) is 6.07 Å². The Hall–Kier alpha value is -1.36. The van der Waals surface area contributed by atoms with Gasteiger partial charge in [-0.25, -0.2) is 0 Å². The first-order valence-electron chi connectivity index (χ1n) is 3.52. The van der Waals surface area contributed by atoms with Crippen molar-refractivity contribution in [3.63, 3.8) is 0 Å². The predicted octanol–water partition coefficient (Wildman–Crippen LogP) is 1.76. The third-order valence-electron chi connectivity index (χ3n) is 1.74. The maximum atomic E-state index is 8.50. The molecule has 0 saturated heterocycles. The number of hydrogen-bond acceptors (Lipinski definition) is 2. The molecular formula is C9H10N2. The van der Waals surface area contributed by atoms with Gasteiger partial charge in [-0.3, -0.25) is 4.98 Å². The molecule has 0 unspecified atom stereocenters. The summed E-state index contributed by atoms with van der Waals surface area (Å²) in [6.45, 7) is 3.96. The summed E-state index contributed by atoms with van der Waals surface area (Å²) in [5.74, 6) is 0. The van der Waals surface area contributed by atoms with Crippen LogP contribution in [0.1, 0.15) is 16.7 Å². The molecular weight excluding hydrogens is 136 g/mol. The smallest absolute Gasteiger partial charge is 0.0669 e. The van der Waals surface area contributed by atoms with Crippen LogP contribution in [0.2, 0.25) is 0 Å². The van der Waals surface area contributed by atoms with Gasteiger partial charge >= 0.3 is 0 Å². The predicted molar refractivity (Wildman–Crippen MR) is 43.0 cm³/mol. The van der Waals surface area contributed by atoms with Gasteiger partial charge in [-0.05, 0) is 30.5 Å². The van der Waals surface area contributed by atoms with E-state index >= 15 is 0 Å². The van der Waals surface area contributed by atoms with Crippen LogP contribution in [-0.2, 0) is 6.42 Å². The molecule has 0 atom stereocenters. The van der Waals surface area contributed by atoms with Crippen LogP contribution >= 0.6 is 0 Å². The van der Waals surface area contributed by atoms with E-state index < -0.39 is 0 Å². The zero-order valence-electron chi connectivity index (χ0n) is 6.76. The Bertz CT molecular complexity index is 277. The van der Waals surface area contributed by atoms with E-state index in [-0.39, 0.29) is 0 Å². The molecule has 0 N–H and O–H groups in total. The number of pyridine rings is 1. The lowest BCUT2D eigenvalue weighted by atomic mass is 10.0. The van der Waals surface area contributed by atoms with E-state index in [0.717, 1.165) is 16.7 Å². The van der Waals surface area contributed by atoms with Gasteiger partial charge in [-0.1, -0.05) is 0 Å². The quantitative estimate of drug-likeness (QED) is 0.605. The SMILES string of the molecule is Cc1cncc(C)c1CC#N. The summed E-state index contributed by atoms with van der Waals surface area (Å²) in [5.41, 5.74) is 3.32. The Balaban J connectivity index is 3.12. The van der Waals surface area contributed by atoms with Crippen molar-refractivity contribution >= 4 is 0 Å². The van der Waals surface area contributed by atoms with Gasteiger partial charge in [0.25, 0.3) is 0 Å². The molecule has 0 bridgehead atoms. The average molecular weight is 146 g/mol. The summed E-state index contributed by atoms with van der Waals surface area (Å²) in [6.07, 6.45) is 4.07. The maximum Gasteiger partial charge on any atom is 0.0669 e. The van der Waals surface area contributed by atoms with Gasteiger partial charge in [0.05, 0.1) is 12.5 Å². The number of rotatable bonds is 1. The summed E-state index contributed by atoms with van der Waals surface area (Å²) in [6, 6.07) is 2.14. The van der Waals surface area contributed by atoms with Crippen LogP contribution in [0, 0.1) is 25.2 Å². The normalized spacial score (nSPS) is 9.18. The first-order chi connectivity index (χ1) is 5.25. The summed E-state index contributed by atoms with van der Waals surface area (Å²) in [7, 11) is 0. The fourth-order valence-electron chi connectivity index (χ4n) is 1.09. The third kappa shape index (κ3) is 1.56. The number of nitrogens with zero attached hydrogens (tertiary/aromatic N) is 2. The Morgan fingerprint density at radius 2 is 1.91 bits per heavy atom. The molecule has 1 aromatic heterocycles. The highest BCUT2D eigenvalue weighted by molar-refractivity contribution is 5.31. The van der Waals surface area contributed by atoms with Crippen molar-refractivity contribution in [2.45, 2.75) is 20.3 Å². The minimum absolute atomic E-state index is 0.486. The van der Waals surface area contributed by atoms with Gasteiger partial charge in [0.15, 0.2) is 0 Å². The van der Waals surface area contributed by atoms with Crippen LogP contribution in [0.25, 0.3) is 0 Å². The van der Waals surface area contributed by atoms with Gasteiger partial charge in [-0.15, -0.1) is 0 Å². The zero-order valence-corrected chi connectivity index (χ0v) is 6.76. The number of aryl methyl sites for hydroxylation is 2. The van der Waals surface area contributed by atoms with Crippen molar-refractivity contribution in [1.29, 1.82) is 5.26 Å². The van der Waals surface area contributed by atoms with Crippen molar-refractivity contribution in [2.75, 3.05) is 0 Å². The zero-order chi connectivity index (χ0) is 8.27.